The molecule has 0 aliphatic rings. The Labute approximate surface area is 116 Å². The van der Waals surface area contributed by atoms with Gasteiger partial charge in [0.2, 0.25) is 0 Å². The summed E-state index contributed by atoms with van der Waals surface area (Å²) in [6.45, 7) is 7.67. The average Bonchev–Trinajstić information content (AvgIpc) is 3.01. The summed E-state index contributed by atoms with van der Waals surface area (Å²) in [6.07, 6.45) is 0. The Morgan fingerprint density at radius 2 is 2.11 bits per heavy atom. The van der Waals surface area contributed by atoms with Crippen LogP contribution in [0.4, 0.5) is 0 Å². The first-order chi connectivity index (χ1) is 9.15. The summed E-state index contributed by atoms with van der Waals surface area (Å²) in [5.74, 6) is 1.92. The highest BCUT2D eigenvalue weighted by atomic mass is 32.1. The third kappa shape index (κ3) is 2.31. The predicted octanol–water partition coefficient (Wildman–Crippen LogP) is 3.20. The van der Waals surface area contributed by atoms with Crippen LogP contribution in [0.25, 0.3) is 4.96 Å². The molecule has 4 nitrogen and oxygen atoms in total. The molecular weight excluding hydrogens is 258 g/mol. The molecule has 3 aromatic heterocycles. The second-order valence-electron chi connectivity index (χ2n) is 4.75. The van der Waals surface area contributed by atoms with Crippen molar-refractivity contribution >= 4 is 16.3 Å². The fourth-order valence-electron chi connectivity index (χ4n) is 2.26. The first-order valence-electron chi connectivity index (χ1n) is 6.33. The molecule has 0 radical (unpaired) electrons. The molecule has 0 aliphatic carbocycles. The normalized spacial score (nSPS) is 11.5. The molecule has 0 fully saturated rings. The number of furan rings is 1. The number of hydrogen-bond donors (Lipinski definition) is 1. The lowest BCUT2D eigenvalue weighted by Gasteiger charge is -2.04. The van der Waals surface area contributed by atoms with Crippen LogP contribution in [0.1, 0.15) is 28.6 Å². The van der Waals surface area contributed by atoms with Crippen molar-refractivity contribution in [2.75, 3.05) is 0 Å². The monoisotopic (exact) mass is 275 g/mol. The van der Waals surface area contributed by atoms with Crippen LogP contribution in [0.15, 0.2) is 21.9 Å². The zero-order valence-electron chi connectivity index (χ0n) is 11.4. The van der Waals surface area contributed by atoms with Gasteiger partial charge in [0.1, 0.15) is 11.5 Å². The molecule has 0 saturated carbocycles. The van der Waals surface area contributed by atoms with Crippen molar-refractivity contribution in [3.63, 3.8) is 0 Å². The van der Waals surface area contributed by atoms with Gasteiger partial charge in [-0.15, -0.1) is 11.3 Å². The van der Waals surface area contributed by atoms with Crippen LogP contribution in [0.3, 0.4) is 0 Å². The van der Waals surface area contributed by atoms with E-state index in [1.807, 2.05) is 19.1 Å². The molecule has 0 spiro atoms. The number of aryl methyl sites for hydroxylation is 3. The zero-order valence-corrected chi connectivity index (χ0v) is 12.2. The summed E-state index contributed by atoms with van der Waals surface area (Å²) in [4.78, 5) is 5.65. The third-order valence-corrected chi connectivity index (χ3v) is 4.16. The number of imidazole rings is 1. The van der Waals surface area contributed by atoms with Crippen LogP contribution in [-0.4, -0.2) is 9.38 Å². The highest BCUT2D eigenvalue weighted by Crippen LogP contribution is 2.20. The molecule has 0 atom stereocenters. The number of aromatic nitrogens is 2. The highest BCUT2D eigenvalue weighted by Gasteiger charge is 2.11. The van der Waals surface area contributed by atoms with Crippen molar-refractivity contribution in [2.24, 2.45) is 0 Å². The summed E-state index contributed by atoms with van der Waals surface area (Å²) in [7, 11) is 0. The maximum Gasteiger partial charge on any atom is 0.194 e. The van der Waals surface area contributed by atoms with Crippen LogP contribution in [0.5, 0.6) is 0 Å². The maximum atomic E-state index is 5.55. The van der Waals surface area contributed by atoms with E-state index in [9.17, 15) is 0 Å². The first-order valence-corrected chi connectivity index (χ1v) is 7.21. The number of thiazole rings is 1. The van der Waals surface area contributed by atoms with E-state index in [4.69, 9.17) is 4.42 Å². The number of fused-ring (bicyclic) bond motifs is 1. The lowest BCUT2D eigenvalue weighted by Crippen LogP contribution is -2.14. The largest absolute Gasteiger partial charge is 0.465 e. The van der Waals surface area contributed by atoms with E-state index in [0.29, 0.717) is 0 Å². The Hall–Kier alpha value is -1.59. The van der Waals surface area contributed by atoms with Crippen LogP contribution < -0.4 is 5.32 Å². The molecule has 0 unspecified atom stereocenters. The van der Waals surface area contributed by atoms with E-state index < -0.39 is 0 Å². The summed E-state index contributed by atoms with van der Waals surface area (Å²) in [5.41, 5.74) is 3.57. The summed E-state index contributed by atoms with van der Waals surface area (Å²) in [6, 6.07) is 4.00. The number of rotatable bonds is 4. The minimum Gasteiger partial charge on any atom is -0.465 e. The molecule has 5 heteroatoms. The lowest BCUT2D eigenvalue weighted by atomic mass is 10.3. The molecule has 19 heavy (non-hydrogen) atoms. The molecule has 0 aromatic carbocycles. The molecule has 100 valence electrons. The molecular formula is C14H17N3OS. The van der Waals surface area contributed by atoms with Gasteiger partial charge in [-0.25, -0.2) is 4.98 Å². The SMILES string of the molecule is Cc1ccc(CNCc2c(C)nc3scc(C)n23)o1. The number of hydrogen-bond acceptors (Lipinski definition) is 4. The van der Waals surface area contributed by atoms with E-state index in [1.54, 1.807) is 11.3 Å². The molecule has 3 heterocycles. The Bertz CT molecular complexity index is 707. The van der Waals surface area contributed by atoms with Crippen molar-refractivity contribution in [3.05, 3.63) is 46.1 Å². The van der Waals surface area contributed by atoms with Crippen LogP contribution in [-0.2, 0) is 13.1 Å². The molecule has 0 aliphatic heterocycles. The standard InChI is InChI=1S/C14H17N3OS/c1-9-8-19-14-16-11(3)13(17(9)14)7-15-6-12-5-4-10(2)18-12/h4-5,8,15H,6-7H2,1-3H3. The smallest absolute Gasteiger partial charge is 0.194 e. The van der Waals surface area contributed by atoms with Gasteiger partial charge in [0.05, 0.1) is 17.9 Å². The topological polar surface area (TPSA) is 42.5 Å². The average molecular weight is 275 g/mol. The van der Waals surface area contributed by atoms with Crippen molar-refractivity contribution in [1.29, 1.82) is 0 Å². The van der Waals surface area contributed by atoms with Crippen LogP contribution >= 0.6 is 11.3 Å². The molecule has 0 saturated heterocycles. The van der Waals surface area contributed by atoms with E-state index in [2.05, 4.69) is 33.9 Å². The lowest BCUT2D eigenvalue weighted by molar-refractivity contribution is 0.460. The van der Waals surface area contributed by atoms with E-state index in [-0.39, 0.29) is 0 Å². The quantitative estimate of drug-likeness (QED) is 0.795. The minimum absolute atomic E-state index is 0.740. The van der Waals surface area contributed by atoms with Gasteiger partial charge in [-0.3, -0.25) is 4.40 Å². The molecule has 0 amide bonds. The van der Waals surface area contributed by atoms with Gasteiger partial charge in [-0.05, 0) is 32.9 Å². The van der Waals surface area contributed by atoms with Crippen LogP contribution in [0.2, 0.25) is 0 Å². The highest BCUT2D eigenvalue weighted by molar-refractivity contribution is 7.15. The Morgan fingerprint density at radius 3 is 2.84 bits per heavy atom. The van der Waals surface area contributed by atoms with Gasteiger partial charge in [0, 0.05) is 17.6 Å². The van der Waals surface area contributed by atoms with Gasteiger partial charge < -0.3 is 9.73 Å². The Morgan fingerprint density at radius 1 is 1.26 bits per heavy atom. The molecule has 3 aromatic rings. The molecule has 3 rings (SSSR count). The van der Waals surface area contributed by atoms with Crippen molar-refractivity contribution in [2.45, 2.75) is 33.9 Å². The van der Waals surface area contributed by atoms with Crippen molar-refractivity contribution < 1.29 is 4.42 Å². The fraction of sp³-hybridized carbons (Fsp3) is 0.357. The van der Waals surface area contributed by atoms with Crippen molar-refractivity contribution in [1.82, 2.24) is 14.7 Å². The van der Waals surface area contributed by atoms with Gasteiger partial charge in [-0.1, -0.05) is 0 Å². The predicted molar refractivity (Wildman–Crippen MR) is 76.5 cm³/mol. The van der Waals surface area contributed by atoms with Gasteiger partial charge >= 0.3 is 0 Å². The van der Waals surface area contributed by atoms with E-state index >= 15 is 0 Å². The molecule has 1 N–H and O–H groups in total. The summed E-state index contributed by atoms with van der Waals surface area (Å²) >= 11 is 1.69. The van der Waals surface area contributed by atoms with Crippen molar-refractivity contribution in [3.8, 4) is 0 Å². The summed E-state index contributed by atoms with van der Waals surface area (Å²) in [5, 5.41) is 5.56. The second-order valence-corrected chi connectivity index (χ2v) is 5.59. The van der Waals surface area contributed by atoms with E-state index in [0.717, 1.165) is 35.3 Å². The maximum absolute atomic E-state index is 5.55. The zero-order chi connectivity index (χ0) is 13.4. The fourth-order valence-corrected chi connectivity index (χ4v) is 3.19. The van der Waals surface area contributed by atoms with Gasteiger partial charge in [0.25, 0.3) is 0 Å². The molecule has 0 bridgehead atoms. The van der Waals surface area contributed by atoms with E-state index in [1.165, 1.54) is 11.4 Å². The third-order valence-electron chi connectivity index (χ3n) is 3.22. The second kappa shape index (κ2) is 4.83. The van der Waals surface area contributed by atoms with Gasteiger partial charge in [-0.2, -0.15) is 0 Å². The minimum atomic E-state index is 0.740. The Balaban J connectivity index is 1.74. The first kappa shape index (κ1) is 12.4. The number of nitrogens with zero attached hydrogens (tertiary/aromatic N) is 2. The number of nitrogens with one attached hydrogen (secondary N) is 1. The van der Waals surface area contributed by atoms with Gasteiger partial charge in [0.15, 0.2) is 4.96 Å². The Kier molecular flexibility index (Phi) is 3.16. The van der Waals surface area contributed by atoms with Crippen LogP contribution in [0, 0.1) is 20.8 Å². The summed E-state index contributed by atoms with van der Waals surface area (Å²) < 4.78 is 7.77.